The minimum atomic E-state index is -0.187. The van der Waals surface area contributed by atoms with Crippen LogP contribution < -0.4 is 10.2 Å². The molecule has 2 aliphatic rings. The Morgan fingerprint density at radius 3 is 2.79 bits per heavy atom. The molecule has 2 amide bonds. The number of carbonyl (C=O) groups excluding carboxylic acids is 2. The van der Waals surface area contributed by atoms with Crippen LogP contribution in [0.3, 0.4) is 0 Å². The lowest BCUT2D eigenvalue weighted by Gasteiger charge is -2.46. The van der Waals surface area contributed by atoms with Crippen LogP contribution in [-0.4, -0.2) is 55.1 Å². The summed E-state index contributed by atoms with van der Waals surface area (Å²) in [5.74, 6) is 0.107. The molecule has 0 radical (unpaired) electrons. The molecule has 0 spiro atoms. The Balaban J connectivity index is 1.51. The van der Waals surface area contributed by atoms with Gasteiger partial charge in [0.25, 0.3) is 5.91 Å². The van der Waals surface area contributed by atoms with E-state index in [1.807, 2.05) is 35.2 Å². The number of rotatable bonds is 7. The molecule has 0 fully saturated rings. The molecular weight excluding hydrogens is 416 g/mol. The van der Waals surface area contributed by atoms with Crippen LogP contribution in [0.1, 0.15) is 40.6 Å². The van der Waals surface area contributed by atoms with Crippen LogP contribution in [0.4, 0.5) is 5.69 Å². The lowest BCUT2D eigenvalue weighted by molar-refractivity contribution is -0.121. The van der Waals surface area contributed by atoms with Crippen LogP contribution in [0.25, 0.3) is 10.9 Å². The Kier molecular flexibility index (Phi) is 5.81. The summed E-state index contributed by atoms with van der Waals surface area (Å²) < 4.78 is 7.31. The number of hydrogen-bond donors (Lipinski definition) is 1. The minimum absolute atomic E-state index is 0.0312. The third kappa shape index (κ3) is 3.66. The molecule has 3 heterocycles. The van der Waals surface area contributed by atoms with Crippen molar-refractivity contribution in [2.75, 3.05) is 38.8 Å². The number of fused-ring (bicyclic) bond motifs is 6. The van der Waals surface area contributed by atoms with Crippen molar-refractivity contribution in [1.29, 1.82) is 0 Å². The van der Waals surface area contributed by atoms with E-state index < -0.39 is 0 Å². The molecule has 1 atom stereocenters. The Morgan fingerprint density at radius 1 is 1.15 bits per heavy atom. The van der Waals surface area contributed by atoms with Gasteiger partial charge >= 0.3 is 0 Å². The van der Waals surface area contributed by atoms with Crippen LogP contribution in [0.2, 0.25) is 0 Å². The molecule has 7 heteroatoms. The van der Waals surface area contributed by atoms with Crippen molar-refractivity contribution in [3.8, 4) is 0 Å². The van der Waals surface area contributed by atoms with Crippen LogP contribution in [0.15, 0.2) is 48.5 Å². The first-order valence-corrected chi connectivity index (χ1v) is 11.6. The van der Waals surface area contributed by atoms with Gasteiger partial charge in [-0.3, -0.25) is 9.59 Å². The molecule has 7 nitrogen and oxygen atoms in total. The van der Waals surface area contributed by atoms with E-state index in [-0.39, 0.29) is 18.0 Å². The molecule has 172 valence electrons. The molecule has 0 bridgehead atoms. The number of methoxy groups -OCH3 is 1. The van der Waals surface area contributed by atoms with E-state index in [4.69, 9.17) is 4.74 Å². The van der Waals surface area contributed by atoms with Crippen LogP contribution in [0.5, 0.6) is 0 Å². The van der Waals surface area contributed by atoms with Crippen LogP contribution in [-0.2, 0) is 22.5 Å². The summed E-state index contributed by atoms with van der Waals surface area (Å²) in [5, 5.41) is 4.20. The highest BCUT2D eigenvalue weighted by atomic mass is 16.5. The Morgan fingerprint density at radius 2 is 1.94 bits per heavy atom. The summed E-state index contributed by atoms with van der Waals surface area (Å²) in [6.45, 7) is 2.50. The number of ether oxygens (including phenoxy) is 1. The summed E-state index contributed by atoms with van der Waals surface area (Å²) >= 11 is 0. The number of nitrogens with one attached hydrogen (secondary N) is 1. The fourth-order valence-corrected chi connectivity index (χ4v) is 5.30. The number of nitrogens with zero attached hydrogens (tertiary/aromatic N) is 3. The number of hydrogen-bond acceptors (Lipinski definition) is 4. The molecule has 3 aromatic rings. The third-order valence-corrected chi connectivity index (χ3v) is 6.81. The van der Waals surface area contributed by atoms with Gasteiger partial charge in [0.2, 0.25) is 5.91 Å². The van der Waals surface area contributed by atoms with Gasteiger partial charge in [-0.1, -0.05) is 30.3 Å². The zero-order chi connectivity index (χ0) is 22.9. The van der Waals surface area contributed by atoms with Gasteiger partial charge in [-0.25, -0.2) is 0 Å². The van der Waals surface area contributed by atoms with E-state index in [9.17, 15) is 9.59 Å². The first kappa shape index (κ1) is 21.5. The van der Waals surface area contributed by atoms with Gasteiger partial charge in [-0.2, -0.15) is 0 Å². The van der Waals surface area contributed by atoms with Gasteiger partial charge in [0.05, 0.1) is 16.9 Å². The number of benzene rings is 2. The van der Waals surface area contributed by atoms with Crippen molar-refractivity contribution in [3.05, 3.63) is 65.4 Å². The van der Waals surface area contributed by atoms with Crippen molar-refractivity contribution < 1.29 is 14.3 Å². The van der Waals surface area contributed by atoms with E-state index in [1.165, 1.54) is 10.9 Å². The highest BCUT2D eigenvalue weighted by Crippen LogP contribution is 2.44. The van der Waals surface area contributed by atoms with E-state index in [0.29, 0.717) is 32.7 Å². The topological polar surface area (TPSA) is 66.8 Å². The molecular formula is C26H30N4O3. The van der Waals surface area contributed by atoms with E-state index >= 15 is 0 Å². The van der Waals surface area contributed by atoms with Gasteiger partial charge in [0.1, 0.15) is 6.17 Å². The van der Waals surface area contributed by atoms with Crippen molar-refractivity contribution >= 4 is 28.4 Å². The molecule has 2 aromatic carbocycles. The lowest BCUT2D eigenvalue weighted by Crippen LogP contribution is -2.51. The predicted octanol–water partition coefficient (Wildman–Crippen LogP) is 3.33. The van der Waals surface area contributed by atoms with Gasteiger partial charge in [0.15, 0.2) is 0 Å². The first-order chi connectivity index (χ1) is 16.1. The fraction of sp³-hybridized carbons (Fsp3) is 0.385. The van der Waals surface area contributed by atoms with Gasteiger partial charge < -0.3 is 24.4 Å². The number of anilines is 1. The average Bonchev–Trinajstić information content (AvgIpc) is 3.17. The van der Waals surface area contributed by atoms with Gasteiger partial charge in [-0.05, 0) is 36.6 Å². The predicted molar refractivity (Wildman–Crippen MR) is 128 cm³/mol. The fourth-order valence-electron chi connectivity index (χ4n) is 5.30. The molecule has 5 rings (SSSR count). The zero-order valence-corrected chi connectivity index (χ0v) is 19.2. The molecule has 0 saturated carbocycles. The summed E-state index contributed by atoms with van der Waals surface area (Å²) in [5.41, 5.74) is 5.23. The SMILES string of the molecule is COCCCNC(=O)CCn1c2c(c3ccccc31)CCN1C(=O)c3ccccc3N(C)[C@H]21. The van der Waals surface area contributed by atoms with Crippen molar-refractivity contribution in [2.24, 2.45) is 0 Å². The highest BCUT2D eigenvalue weighted by Gasteiger charge is 2.42. The quantitative estimate of drug-likeness (QED) is 0.566. The molecule has 1 aromatic heterocycles. The number of aryl methyl sites for hydroxylation is 1. The second-order valence-corrected chi connectivity index (χ2v) is 8.73. The monoisotopic (exact) mass is 446 g/mol. The van der Waals surface area contributed by atoms with Crippen molar-refractivity contribution in [1.82, 2.24) is 14.8 Å². The molecule has 33 heavy (non-hydrogen) atoms. The Hall–Kier alpha value is -3.32. The van der Waals surface area contributed by atoms with E-state index in [2.05, 4.69) is 40.0 Å². The molecule has 0 saturated heterocycles. The Bertz CT molecular complexity index is 1200. The number of carbonyl (C=O) groups is 2. The third-order valence-electron chi connectivity index (χ3n) is 6.81. The number of aromatic nitrogens is 1. The average molecular weight is 447 g/mol. The smallest absolute Gasteiger partial charge is 0.257 e. The van der Waals surface area contributed by atoms with Crippen molar-refractivity contribution in [3.63, 3.8) is 0 Å². The van der Waals surface area contributed by atoms with Crippen LogP contribution in [0, 0.1) is 0 Å². The molecule has 0 aliphatic carbocycles. The Labute approximate surface area is 193 Å². The molecule has 0 unspecified atom stereocenters. The lowest BCUT2D eigenvalue weighted by atomic mass is 9.96. The zero-order valence-electron chi connectivity index (χ0n) is 19.2. The second-order valence-electron chi connectivity index (χ2n) is 8.73. The number of amides is 2. The minimum Gasteiger partial charge on any atom is -0.385 e. The maximum atomic E-state index is 13.4. The summed E-state index contributed by atoms with van der Waals surface area (Å²) in [6, 6.07) is 16.2. The van der Waals surface area contributed by atoms with Crippen LogP contribution >= 0.6 is 0 Å². The maximum absolute atomic E-state index is 13.4. The summed E-state index contributed by atoms with van der Waals surface area (Å²) in [4.78, 5) is 30.1. The molecule has 1 N–H and O–H groups in total. The van der Waals surface area contributed by atoms with E-state index in [1.54, 1.807) is 7.11 Å². The highest BCUT2D eigenvalue weighted by molar-refractivity contribution is 6.02. The van der Waals surface area contributed by atoms with E-state index in [0.717, 1.165) is 35.3 Å². The van der Waals surface area contributed by atoms with Gasteiger partial charge in [-0.15, -0.1) is 0 Å². The first-order valence-electron chi connectivity index (χ1n) is 11.6. The van der Waals surface area contributed by atoms with Gasteiger partial charge in [0, 0.05) is 57.7 Å². The normalized spacial score (nSPS) is 17.0. The standard InChI is InChI=1S/C26H30N4O3/c1-28-21-10-5-4-9-20(21)26(32)30-15-12-19-18-8-3-6-11-22(18)29(24(19)25(28)30)16-13-23(31)27-14-7-17-33-2/h3-6,8-11,25H,7,12-17H2,1-2H3,(H,27,31)/t25-/m0/s1. The maximum Gasteiger partial charge on any atom is 0.257 e. The summed E-state index contributed by atoms with van der Waals surface area (Å²) in [7, 11) is 3.72. The largest absolute Gasteiger partial charge is 0.385 e. The van der Waals surface area contributed by atoms with Crippen molar-refractivity contribution in [2.45, 2.75) is 32.0 Å². The summed E-state index contributed by atoms with van der Waals surface area (Å²) in [6.07, 6.45) is 1.81. The number of para-hydroxylation sites is 2. The molecule has 2 aliphatic heterocycles. The second kappa shape index (κ2) is 8.90.